The highest BCUT2D eigenvalue weighted by Gasteiger charge is 2.18. The zero-order valence-corrected chi connectivity index (χ0v) is 14.3. The van der Waals surface area contributed by atoms with Crippen LogP contribution in [0.5, 0.6) is 0 Å². The fraction of sp³-hybridized carbons (Fsp3) is 0.211. The summed E-state index contributed by atoms with van der Waals surface area (Å²) in [7, 11) is 0. The topological polar surface area (TPSA) is 71.3 Å². The van der Waals surface area contributed by atoms with Crippen LogP contribution in [0.1, 0.15) is 28.7 Å². The number of anilines is 2. The number of aromatic nitrogens is 2. The molecule has 0 saturated carbocycles. The Hall–Kier alpha value is -3.15. The van der Waals surface area contributed by atoms with E-state index in [-0.39, 0.29) is 5.91 Å². The third-order valence-electron chi connectivity index (χ3n) is 3.78. The highest BCUT2D eigenvalue weighted by molar-refractivity contribution is 6.05. The van der Waals surface area contributed by atoms with Gasteiger partial charge in [-0.2, -0.15) is 0 Å². The molecule has 128 valence electrons. The van der Waals surface area contributed by atoms with E-state index in [1.54, 1.807) is 17.2 Å². The van der Waals surface area contributed by atoms with Crippen LogP contribution in [-0.4, -0.2) is 22.4 Å². The van der Waals surface area contributed by atoms with Crippen molar-refractivity contribution in [3.63, 3.8) is 0 Å². The molecule has 0 aliphatic carbocycles. The molecule has 0 saturated heterocycles. The lowest BCUT2D eigenvalue weighted by Crippen LogP contribution is -2.31. The molecule has 1 aromatic carbocycles. The summed E-state index contributed by atoms with van der Waals surface area (Å²) in [6.45, 7) is 5.00. The summed E-state index contributed by atoms with van der Waals surface area (Å²) >= 11 is 0. The zero-order chi connectivity index (χ0) is 17.6. The molecule has 0 aliphatic rings. The van der Waals surface area contributed by atoms with Crippen molar-refractivity contribution in [2.24, 2.45) is 0 Å². The Labute approximate surface area is 146 Å². The van der Waals surface area contributed by atoms with Crippen molar-refractivity contribution in [1.29, 1.82) is 0 Å². The second-order valence-corrected chi connectivity index (χ2v) is 5.61. The monoisotopic (exact) mass is 336 g/mol. The van der Waals surface area contributed by atoms with Gasteiger partial charge in [0.1, 0.15) is 23.6 Å². The Kier molecular flexibility index (Phi) is 5.09. The molecule has 0 fully saturated rings. The molecule has 3 aromatic rings. The van der Waals surface area contributed by atoms with Gasteiger partial charge in [0.15, 0.2) is 0 Å². The molecule has 0 atom stereocenters. The highest BCUT2D eigenvalue weighted by Crippen LogP contribution is 2.18. The first-order chi connectivity index (χ1) is 12.2. The second-order valence-electron chi connectivity index (χ2n) is 5.61. The molecular weight excluding hydrogens is 316 g/mol. The van der Waals surface area contributed by atoms with Crippen LogP contribution in [0.3, 0.4) is 0 Å². The van der Waals surface area contributed by atoms with E-state index in [4.69, 9.17) is 4.42 Å². The van der Waals surface area contributed by atoms with Crippen LogP contribution in [-0.2, 0) is 6.54 Å². The summed E-state index contributed by atoms with van der Waals surface area (Å²) in [6.07, 6.45) is 3.01. The summed E-state index contributed by atoms with van der Waals surface area (Å²) in [5.74, 6) is 1.22. The Morgan fingerprint density at radius 3 is 2.80 bits per heavy atom. The molecule has 25 heavy (non-hydrogen) atoms. The number of benzene rings is 1. The maximum Gasteiger partial charge on any atom is 0.277 e. The lowest BCUT2D eigenvalue weighted by molar-refractivity contribution is 0.0983. The summed E-state index contributed by atoms with van der Waals surface area (Å²) in [6, 6.07) is 13.2. The fourth-order valence-corrected chi connectivity index (χ4v) is 2.54. The maximum atomic E-state index is 12.9. The number of nitrogens with zero attached hydrogens (tertiary/aromatic N) is 3. The molecule has 2 heterocycles. The number of furan rings is 1. The van der Waals surface area contributed by atoms with Gasteiger partial charge in [-0.3, -0.25) is 4.79 Å². The summed E-state index contributed by atoms with van der Waals surface area (Å²) in [4.78, 5) is 22.9. The molecule has 1 N–H and O–H groups in total. The maximum absolute atomic E-state index is 12.9. The minimum atomic E-state index is -0.156. The Morgan fingerprint density at radius 2 is 2.08 bits per heavy atom. The van der Waals surface area contributed by atoms with Crippen LogP contribution in [0.2, 0.25) is 0 Å². The first-order valence-corrected chi connectivity index (χ1v) is 8.14. The van der Waals surface area contributed by atoms with Gasteiger partial charge in [0.2, 0.25) is 0 Å². The molecule has 0 aliphatic heterocycles. The van der Waals surface area contributed by atoms with Crippen molar-refractivity contribution in [2.75, 3.05) is 16.8 Å². The number of hydrogen-bond acceptors (Lipinski definition) is 5. The normalized spacial score (nSPS) is 10.5. The van der Waals surface area contributed by atoms with Crippen molar-refractivity contribution < 1.29 is 9.21 Å². The van der Waals surface area contributed by atoms with E-state index in [9.17, 15) is 4.79 Å². The predicted octanol–water partition coefficient (Wildman–Crippen LogP) is 3.66. The van der Waals surface area contributed by atoms with Gasteiger partial charge in [0, 0.05) is 18.3 Å². The molecule has 0 radical (unpaired) electrons. The molecule has 2 aromatic heterocycles. The summed E-state index contributed by atoms with van der Waals surface area (Å²) in [5, 5.41) is 3.13. The number of carbonyl (C=O) groups excluding carboxylic acids is 1. The Balaban J connectivity index is 1.77. The van der Waals surface area contributed by atoms with Crippen LogP contribution < -0.4 is 10.2 Å². The van der Waals surface area contributed by atoms with E-state index >= 15 is 0 Å². The minimum absolute atomic E-state index is 0.156. The molecule has 3 rings (SSSR count). The second kappa shape index (κ2) is 7.61. The summed E-state index contributed by atoms with van der Waals surface area (Å²) < 4.78 is 5.28. The number of carbonyl (C=O) groups is 1. The molecule has 0 unspecified atom stereocenters. The number of rotatable bonds is 6. The molecule has 0 spiro atoms. The van der Waals surface area contributed by atoms with Crippen molar-refractivity contribution in [3.05, 3.63) is 72.1 Å². The van der Waals surface area contributed by atoms with Crippen LogP contribution in [0, 0.1) is 6.92 Å². The van der Waals surface area contributed by atoms with Gasteiger partial charge in [0.05, 0.1) is 12.8 Å². The van der Waals surface area contributed by atoms with Gasteiger partial charge in [-0.25, -0.2) is 9.97 Å². The quantitative estimate of drug-likeness (QED) is 0.744. The van der Waals surface area contributed by atoms with Gasteiger partial charge in [0.25, 0.3) is 5.91 Å². The van der Waals surface area contributed by atoms with E-state index in [1.165, 1.54) is 6.33 Å². The van der Waals surface area contributed by atoms with Crippen LogP contribution >= 0.6 is 0 Å². The van der Waals surface area contributed by atoms with E-state index in [0.29, 0.717) is 24.6 Å². The molecule has 6 heteroatoms. The molecular formula is C19H20N4O2. The first-order valence-electron chi connectivity index (χ1n) is 8.14. The third kappa shape index (κ3) is 4.03. The van der Waals surface area contributed by atoms with Gasteiger partial charge < -0.3 is 14.6 Å². The zero-order valence-electron chi connectivity index (χ0n) is 14.3. The van der Waals surface area contributed by atoms with Crippen LogP contribution in [0.4, 0.5) is 11.5 Å². The van der Waals surface area contributed by atoms with E-state index in [1.807, 2.05) is 50.2 Å². The average Bonchev–Trinajstić information content (AvgIpc) is 3.14. The van der Waals surface area contributed by atoms with Crippen LogP contribution in [0.25, 0.3) is 0 Å². The summed E-state index contributed by atoms with van der Waals surface area (Å²) in [5.41, 5.74) is 2.31. The largest absolute Gasteiger partial charge is 0.467 e. The SMILES string of the molecule is CCN(C(=O)c1cc(NCc2ccco2)ncn1)c1cccc(C)c1. The fourth-order valence-electron chi connectivity index (χ4n) is 2.54. The predicted molar refractivity (Wildman–Crippen MR) is 96.6 cm³/mol. The van der Waals surface area contributed by atoms with E-state index in [2.05, 4.69) is 15.3 Å². The number of amides is 1. The van der Waals surface area contributed by atoms with Crippen LogP contribution in [0.15, 0.2) is 59.5 Å². The van der Waals surface area contributed by atoms with Gasteiger partial charge in [-0.1, -0.05) is 12.1 Å². The van der Waals surface area contributed by atoms with Gasteiger partial charge >= 0.3 is 0 Å². The standard InChI is InChI=1S/C19H20N4O2/c1-3-23(15-7-4-6-14(2)10-15)19(24)17-11-18(22-13-21-17)20-12-16-8-5-9-25-16/h4-11,13H,3,12H2,1-2H3,(H,20,21,22). The molecule has 0 bridgehead atoms. The van der Waals surface area contributed by atoms with Crippen molar-refractivity contribution in [3.8, 4) is 0 Å². The minimum Gasteiger partial charge on any atom is -0.467 e. The molecule has 1 amide bonds. The van der Waals surface area contributed by atoms with Gasteiger partial charge in [-0.05, 0) is 43.7 Å². The van der Waals surface area contributed by atoms with Crippen molar-refractivity contribution in [2.45, 2.75) is 20.4 Å². The van der Waals surface area contributed by atoms with Crippen molar-refractivity contribution in [1.82, 2.24) is 9.97 Å². The lowest BCUT2D eigenvalue weighted by Gasteiger charge is -2.21. The first kappa shape index (κ1) is 16.7. The Morgan fingerprint density at radius 1 is 1.20 bits per heavy atom. The number of hydrogen-bond donors (Lipinski definition) is 1. The van der Waals surface area contributed by atoms with Gasteiger partial charge in [-0.15, -0.1) is 0 Å². The average molecular weight is 336 g/mol. The lowest BCUT2D eigenvalue weighted by atomic mass is 10.2. The number of aryl methyl sites for hydroxylation is 1. The molecule has 6 nitrogen and oxygen atoms in total. The Bertz CT molecular complexity index is 846. The van der Waals surface area contributed by atoms with E-state index < -0.39 is 0 Å². The smallest absolute Gasteiger partial charge is 0.277 e. The van der Waals surface area contributed by atoms with E-state index in [0.717, 1.165) is 17.0 Å². The highest BCUT2D eigenvalue weighted by atomic mass is 16.3. The number of nitrogens with one attached hydrogen (secondary N) is 1. The van der Waals surface area contributed by atoms with Crippen molar-refractivity contribution >= 4 is 17.4 Å². The third-order valence-corrected chi connectivity index (χ3v) is 3.78.